The molecule has 2 aromatic carbocycles. The minimum atomic E-state index is -1.33. The van der Waals surface area contributed by atoms with Crippen LogP contribution in [0.3, 0.4) is 0 Å². The lowest BCUT2D eigenvalue weighted by Crippen LogP contribution is -2.06. The van der Waals surface area contributed by atoms with E-state index in [1.807, 2.05) is 12.1 Å². The van der Waals surface area contributed by atoms with Crippen molar-refractivity contribution in [3.05, 3.63) is 69.2 Å². The zero-order valence-electron chi connectivity index (χ0n) is 11.2. The molecule has 0 bridgehead atoms. The van der Waals surface area contributed by atoms with Gasteiger partial charge in [0, 0.05) is 0 Å². The fraction of sp³-hybridized carbons (Fsp3) is 0.250. The standard InChI is InChI=1S/C16H15BrF2O/c1-9(2)10-3-5-11(6-4-10)16(20)14-13(18)8-7-12(17)15(14)19/h3-9,16,20H,1-2H3. The predicted octanol–water partition coefficient (Wildman–Crippen LogP) is 4.93. The van der Waals surface area contributed by atoms with Crippen molar-refractivity contribution in [1.82, 2.24) is 0 Å². The van der Waals surface area contributed by atoms with Crippen molar-refractivity contribution in [2.24, 2.45) is 0 Å². The second kappa shape index (κ2) is 6.02. The van der Waals surface area contributed by atoms with Gasteiger partial charge in [-0.1, -0.05) is 38.1 Å². The Morgan fingerprint density at radius 2 is 1.50 bits per heavy atom. The molecule has 1 N–H and O–H groups in total. The molecule has 1 nitrogen and oxygen atoms in total. The van der Waals surface area contributed by atoms with E-state index in [-0.39, 0.29) is 10.0 Å². The smallest absolute Gasteiger partial charge is 0.146 e. The molecule has 0 fully saturated rings. The minimum Gasteiger partial charge on any atom is -0.383 e. The molecule has 0 radical (unpaired) electrons. The minimum absolute atomic E-state index is 0.131. The summed E-state index contributed by atoms with van der Waals surface area (Å²) in [5.41, 5.74) is 1.23. The van der Waals surface area contributed by atoms with Crippen LogP contribution in [-0.2, 0) is 0 Å². The molecule has 2 rings (SSSR count). The average molecular weight is 341 g/mol. The number of hydrogen-bond acceptors (Lipinski definition) is 1. The van der Waals surface area contributed by atoms with Crippen LogP contribution in [-0.4, -0.2) is 5.11 Å². The molecule has 1 atom stereocenters. The van der Waals surface area contributed by atoms with Crippen LogP contribution in [0.1, 0.15) is 42.6 Å². The summed E-state index contributed by atoms with van der Waals surface area (Å²) < 4.78 is 27.8. The normalized spacial score (nSPS) is 12.8. The number of rotatable bonds is 3. The first-order chi connectivity index (χ1) is 9.41. The molecule has 0 heterocycles. The van der Waals surface area contributed by atoms with E-state index in [1.54, 1.807) is 12.1 Å². The SMILES string of the molecule is CC(C)c1ccc(C(O)c2c(F)ccc(Br)c2F)cc1. The molecule has 4 heteroatoms. The number of benzene rings is 2. The Hall–Kier alpha value is -1.26. The summed E-state index contributed by atoms with van der Waals surface area (Å²) in [6.07, 6.45) is -1.33. The zero-order chi connectivity index (χ0) is 14.9. The van der Waals surface area contributed by atoms with Crippen LogP contribution in [0.15, 0.2) is 40.9 Å². The maximum atomic E-state index is 14.0. The van der Waals surface area contributed by atoms with Gasteiger partial charge in [-0.2, -0.15) is 0 Å². The van der Waals surface area contributed by atoms with E-state index in [0.717, 1.165) is 11.6 Å². The highest BCUT2D eigenvalue weighted by atomic mass is 79.9. The highest BCUT2D eigenvalue weighted by Gasteiger charge is 2.21. The van der Waals surface area contributed by atoms with Crippen LogP contribution < -0.4 is 0 Å². The lowest BCUT2D eigenvalue weighted by atomic mass is 9.96. The molecule has 0 amide bonds. The van der Waals surface area contributed by atoms with Crippen LogP contribution in [0.2, 0.25) is 0 Å². The Labute approximate surface area is 125 Å². The van der Waals surface area contributed by atoms with Crippen molar-refractivity contribution in [3.63, 3.8) is 0 Å². The molecule has 1 unspecified atom stereocenters. The van der Waals surface area contributed by atoms with Crippen molar-refractivity contribution in [1.29, 1.82) is 0 Å². The molecule has 0 aliphatic rings. The Bertz CT molecular complexity index is 609. The van der Waals surface area contributed by atoms with E-state index in [4.69, 9.17) is 0 Å². The van der Waals surface area contributed by atoms with Gasteiger partial charge in [0.15, 0.2) is 0 Å². The van der Waals surface area contributed by atoms with Gasteiger partial charge in [0.05, 0.1) is 10.0 Å². The van der Waals surface area contributed by atoms with Crippen molar-refractivity contribution < 1.29 is 13.9 Å². The highest BCUT2D eigenvalue weighted by molar-refractivity contribution is 9.10. The molecule has 20 heavy (non-hydrogen) atoms. The second-order valence-corrected chi connectivity index (χ2v) is 5.84. The van der Waals surface area contributed by atoms with E-state index in [0.29, 0.717) is 11.5 Å². The first kappa shape index (κ1) is 15.1. The largest absolute Gasteiger partial charge is 0.383 e. The predicted molar refractivity (Wildman–Crippen MR) is 78.7 cm³/mol. The van der Waals surface area contributed by atoms with E-state index in [1.165, 1.54) is 6.07 Å². The van der Waals surface area contributed by atoms with Crippen LogP contribution in [0.25, 0.3) is 0 Å². The second-order valence-electron chi connectivity index (χ2n) is 4.98. The summed E-state index contributed by atoms with van der Waals surface area (Å²) in [5.74, 6) is -1.17. The van der Waals surface area contributed by atoms with Crippen molar-refractivity contribution in [2.75, 3.05) is 0 Å². The summed E-state index contributed by atoms with van der Waals surface area (Å²) >= 11 is 3.00. The molecule has 106 valence electrons. The van der Waals surface area contributed by atoms with Crippen molar-refractivity contribution in [3.8, 4) is 0 Å². The van der Waals surface area contributed by atoms with Gasteiger partial charge in [0.1, 0.15) is 17.7 Å². The van der Waals surface area contributed by atoms with Gasteiger partial charge in [-0.3, -0.25) is 0 Å². The van der Waals surface area contributed by atoms with Crippen LogP contribution in [0.4, 0.5) is 8.78 Å². The van der Waals surface area contributed by atoms with Gasteiger partial charge >= 0.3 is 0 Å². The molecule has 0 saturated carbocycles. The number of aliphatic hydroxyl groups is 1. The Kier molecular flexibility index (Phi) is 4.55. The summed E-state index contributed by atoms with van der Waals surface area (Å²) in [6.45, 7) is 4.11. The van der Waals surface area contributed by atoms with Gasteiger partial charge in [-0.05, 0) is 45.1 Å². The van der Waals surface area contributed by atoms with Crippen molar-refractivity contribution in [2.45, 2.75) is 25.9 Å². The van der Waals surface area contributed by atoms with E-state index < -0.39 is 17.7 Å². The van der Waals surface area contributed by atoms with E-state index in [9.17, 15) is 13.9 Å². The lowest BCUT2D eigenvalue weighted by molar-refractivity contribution is 0.209. The maximum absolute atomic E-state index is 14.0. The number of aliphatic hydroxyl groups excluding tert-OH is 1. The molecule has 2 aromatic rings. The quantitative estimate of drug-likeness (QED) is 0.785. The average Bonchev–Trinajstić information content (AvgIpc) is 2.43. The fourth-order valence-corrected chi connectivity index (χ4v) is 2.37. The Balaban J connectivity index is 2.41. The van der Waals surface area contributed by atoms with Gasteiger partial charge in [-0.15, -0.1) is 0 Å². The Morgan fingerprint density at radius 1 is 0.950 bits per heavy atom. The summed E-state index contributed by atoms with van der Waals surface area (Å²) in [5, 5.41) is 10.2. The molecular weight excluding hydrogens is 326 g/mol. The molecule has 0 aromatic heterocycles. The monoisotopic (exact) mass is 340 g/mol. The molecule has 0 spiro atoms. The lowest BCUT2D eigenvalue weighted by Gasteiger charge is -2.15. The number of hydrogen-bond donors (Lipinski definition) is 1. The first-order valence-electron chi connectivity index (χ1n) is 6.33. The van der Waals surface area contributed by atoms with Crippen molar-refractivity contribution >= 4 is 15.9 Å². The van der Waals surface area contributed by atoms with Crippen LogP contribution >= 0.6 is 15.9 Å². The van der Waals surface area contributed by atoms with E-state index >= 15 is 0 Å². The third kappa shape index (κ3) is 2.91. The fourth-order valence-electron chi connectivity index (χ4n) is 2.02. The molecular formula is C16H15BrF2O. The summed E-state index contributed by atoms with van der Waals surface area (Å²) in [6, 6.07) is 9.52. The topological polar surface area (TPSA) is 20.2 Å². The molecule has 0 aliphatic heterocycles. The third-order valence-electron chi connectivity index (χ3n) is 3.27. The highest BCUT2D eigenvalue weighted by Crippen LogP contribution is 2.31. The number of halogens is 3. The maximum Gasteiger partial charge on any atom is 0.146 e. The van der Waals surface area contributed by atoms with Gasteiger partial charge in [-0.25, -0.2) is 8.78 Å². The van der Waals surface area contributed by atoms with Crippen LogP contribution in [0.5, 0.6) is 0 Å². The third-order valence-corrected chi connectivity index (χ3v) is 3.88. The van der Waals surface area contributed by atoms with E-state index in [2.05, 4.69) is 29.8 Å². The van der Waals surface area contributed by atoms with Gasteiger partial charge in [0.2, 0.25) is 0 Å². The van der Waals surface area contributed by atoms with Gasteiger partial charge < -0.3 is 5.11 Å². The zero-order valence-corrected chi connectivity index (χ0v) is 12.8. The summed E-state index contributed by atoms with van der Waals surface area (Å²) in [7, 11) is 0. The van der Waals surface area contributed by atoms with Crippen LogP contribution in [0, 0.1) is 11.6 Å². The van der Waals surface area contributed by atoms with Gasteiger partial charge in [0.25, 0.3) is 0 Å². The Morgan fingerprint density at radius 3 is 2.05 bits per heavy atom. The summed E-state index contributed by atoms with van der Waals surface area (Å²) in [4.78, 5) is 0. The first-order valence-corrected chi connectivity index (χ1v) is 7.12. The molecule has 0 aliphatic carbocycles. The molecule has 0 saturated heterocycles.